The van der Waals surface area contributed by atoms with Gasteiger partial charge >= 0.3 is 0 Å². The van der Waals surface area contributed by atoms with Gasteiger partial charge in [0, 0.05) is 42.0 Å². The van der Waals surface area contributed by atoms with Gasteiger partial charge in [0.25, 0.3) is 5.91 Å². The maximum Gasteiger partial charge on any atom is 0.255 e. The Morgan fingerprint density at radius 3 is 2.68 bits per heavy atom. The monoisotopic (exact) mass is 452 g/mol. The Morgan fingerprint density at radius 1 is 1.15 bits per heavy atom. The Hall–Kier alpha value is -3.44. The minimum atomic E-state index is -0.0332. The molecule has 1 saturated heterocycles. The number of likely N-dealkylation sites (tertiary alicyclic amines) is 1. The highest BCUT2D eigenvalue weighted by atomic mass is 16.2. The van der Waals surface area contributed by atoms with Crippen molar-refractivity contribution < 1.29 is 4.79 Å². The van der Waals surface area contributed by atoms with Gasteiger partial charge < -0.3 is 9.30 Å². The van der Waals surface area contributed by atoms with E-state index in [1.54, 1.807) is 11.0 Å². The summed E-state index contributed by atoms with van der Waals surface area (Å²) in [5, 5.41) is 0. The molecule has 0 atom stereocenters. The highest BCUT2D eigenvalue weighted by Crippen LogP contribution is 2.32. The first kappa shape index (κ1) is 22.4. The standard InChI is InChI=1S/C29H32N4O/c1-5-22-15-26(18-32-17-21(4)30-29(22)32)24-7-6-8-27-10-9-25(19-33(27)28(34)16-24)23-11-13-31(14-12-23)20(2)3/h5-10,15-20,23H,1,11-14H2,2-4H3/b7-6+,24-16+,27-8+. The third kappa shape index (κ3) is 4.24. The van der Waals surface area contributed by atoms with Gasteiger partial charge in [-0.15, -0.1) is 0 Å². The second-order valence-corrected chi connectivity index (χ2v) is 9.63. The zero-order valence-corrected chi connectivity index (χ0v) is 20.2. The molecule has 0 N–H and O–H groups in total. The first-order valence-corrected chi connectivity index (χ1v) is 12.1. The summed E-state index contributed by atoms with van der Waals surface area (Å²) in [6, 6.07) is 2.63. The number of hydrogen-bond donors (Lipinski definition) is 0. The predicted octanol–water partition coefficient (Wildman–Crippen LogP) is 5.53. The van der Waals surface area contributed by atoms with E-state index >= 15 is 0 Å². The smallest absolute Gasteiger partial charge is 0.255 e. The van der Waals surface area contributed by atoms with Gasteiger partial charge in [-0.3, -0.25) is 9.69 Å². The number of hydrogen-bond acceptors (Lipinski definition) is 3. The second kappa shape index (κ2) is 9.07. The molecule has 2 aromatic heterocycles. The van der Waals surface area contributed by atoms with Gasteiger partial charge in [0.15, 0.2) is 0 Å². The first-order chi connectivity index (χ1) is 16.4. The molecule has 0 saturated carbocycles. The minimum Gasteiger partial charge on any atom is -0.306 e. The third-order valence-corrected chi connectivity index (χ3v) is 7.05. The van der Waals surface area contributed by atoms with Crippen LogP contribution in [0.4, 0.5) is 0 Å². The van der Waals surface area contributed by atoms with E-state index in [2.05, 4.69) is 48.7 Å². The summed E-state index contributed by atoms with van der Waals surface area (Å²) in [6.45, 7) is 12.7. The number of imidazole rings is 1. The number of carbonyl (C=O) groups excluding carboxylic acids is 1. The van der Waals surface area contributed by atoms with Crippen molar-refractivity contribution in [2.45, 2.75) is 39.7 Å². The number of carbonyl (C=O) groups is 1. The lowest BCUT2D eigenvalue weighted by atomic mass is 9.87. The molecule has 0 aliphatic carbocycles. The van der Waals surface area contributed by atoms with Crippen LogP contribution >= 0.6 is 0 Å². The van der Waals surface area contributed by atoms with Crippen molar-refractivity contribution in [3.8, 4) is 0 Å². The van der Waals surface area contributed by atoms with Crippen LogP contribution in [0, 0.1) is 12.8 Å². The highest BCUT2D eigenvalue weighted by Gasteiger charge is 2.26. The number of pyridine rings is 1. The summed E-state index contributed by atoms with van der Waals surface area (Å²) in [5.74, 6) is 0.459. The molecule has 2 aromatic rings. The molecule has 3 aliphatic rings. The van der Waals surface area contributed by atoms with Crippen molar-refractivity contribution in [2.75, 3.05) is 13.1 Å². The molecule has 174 valence electrons. The zero-order chi connectivity index (χ0) is 23.8. The number of nitrogens with zero attached hydrogens (tertiary/aromatic N) is 4. The fourth-order valence-corrected chi connectivity index (χ4v) is 5.08. The maximum absolute atomic E-state index is 13.4. The van der Waals surface area contributed by atoms with E-state index in [0.29, 0.717) is 12.0 Å². The van der Waals surface area contributed by atoms with Crippen LogP contribution in [0.3, 0.4) is 0 Å². The average molecular weight is 453 g/mol. The van der Waals surface area contributed by atoms with Crippen LogP contribution < -0.4 is 0 Å². The zero-order valence-electron chi connectivity index (χ0n) is 20.2. The van der Waals surface area contributed by atoms with Crippen molar-refractivity contribution in [3.05, 3.63) is 95.8 Å². The Bertz CT molecular complexity index is 1290. The maximum atomic E-state index is 13.4. The summed E-state index contributed by atoms with van der Waals surface area (Å²) in [6.07, 6.45) is 22.2. The number of rotatable bonds is 4. The average Bonchev–Trinajstić information content (AvgIpc) is 3.21. The van der Waals surface area contributed by atoms with Crippen LogP contribution in [0.2, 0.25) is 0 Å². The molecule has 5 rings (SSSR count). The molecule has 0 unspecified atom stereocenters. The minimum absolute atomic E-state index is 0.0332. The molecule has 0 bridgehead atoms. The first-order valence-electron chi connectivity index (χ1n) is 12.1. The summed E-state index contributed by atoms with van der Waals surface area (Å²) in [7, 11) is 0. The van der Waals surface area contributed by atoms with Crippen molar-refractivity contribution >= 4 is 23.2 Å². The number of piperidine rings is 1. The Balaban J connectivity index is 1.45. The van der Waals surface area contributed by atoms with E-state index in [9.17, 15) is 4.79 Å². The molecule has 3 aliphatic heterocycles. The van der Waals surface area contributed by atoms with Gasteiger partial charge in [-0.2, -0.15) is 0 Å². The quantitative estimate of drug-likeness (QED) is 0.613. The van der Waals surface area contributed by atoms with Crippen LogP contribution in [0.15, 0.2) is 79.0 Å². The van der Waals surface area contributed by atoms with E-state index in [1.807, 2.05) is 54.1 Å². The lowest BCUT2D eigenvalue weighted by Crippen LogP contribution is -2.39. The second-order valence-electron chi connectivity index (χ2n) is 9.63. The SMILES string of the molecule is C=Cc1cc(C2=C\C(=O)N3C=C(C4CCN(C(C)C)CC4)C=C\C3=C/C=C/2)cn2cc(C)nc12. The third-order valence-electron chi connectivity index (χ3n) is 7.05. The highest BCUT2D eigenvalue weighted by molar-refractivity contribution is 6.00. The molecule has 34 heavy (non-hydrogen) atoms. The lowest BCUT2D eigenvalue weighted by Gasteiger charge is -2.36. The summed E-state index contributed by atoms with van der Waals surface area (Å²) in [5.41, 5.74) is 6.73. The molecule has 0 radical (unpaired) electrons. The Morgan fingerprint density at radius 2 is 1.94 bits per heavy atom. The van der Waals surface area contributed by atoms with Gasteiger partial charge in [-0.05, 0) is 87.5 Å². The van der Waals surface area contributed by atoms with Crippen LogP contribution in [0.25, 0.3) is 17.3 Å². The molecule has 1 amide bonds. The number of fused-ring (bicyclic) bond motifs is 2. The normalized spacial score (nSPS) is 23.6. The molecule has 1 fully saturated rings. The number of allylic oxidation sites excluding steroid dienone is 7. The lowest BCUT2D eigenvalue weighted by molar-refractivity contribution is -0.122. The van der Waals surface area contributed by atoms with Crippen LogP contribution in [-0.4, -0.2) is 44.2 Å². The van der Waals surface area contributed by atoms with Crippen molar-refractivity contribution in [1.82, 2.24) is 19.2 Å². The fraction of sp³-hybridized carbons (Fsp3) is 0.310. The molecule has 0 spiro atoms. The Kier molecular flexibility index (Phi) is 5.96. The van der Waals surface area contributed by atoms with Gasteiger partial charge in [0.2, 0.25) is 0 Å². The molecule has 5 heterocycles. The summed E-state index contributed by atoms with van der Waals surface area (Å²) < 4.78 is 2.01. The molecule has 5 nitrogen and oxygen atoms in total. The van der Waals surface area contributed by atoms with Crippen LogP contribution in [0.1, 0.15) is 43.5 Å². The van der Waals surface area contributed by atoms with Crippen LogP contribution in [-0.2, 0) is 4.79 Å². The van der Waals surface area contributed by atoms with E-state index in [-0.39, 0.29) is 5.91 Å². The van der Waals surface area contributed by atoms with E-state index in [4.69, 9.17) is 0 Å². The topological polar surface area (TPSA) is 40.9 Å². The van der Waals surface area contributed by atoms with Crippen molar-refractivity contribution in [3.63, 3.8) is 0 Å². The number of amides is 1. The largest absolute Gasteiger partial charge is 0.306 e. The Labute approximate surface area is 201 Å². The summed E-state index contributed by atoms with van der Waals surface area (Å²) in [4.78, 5) is 22.3. The van der Waals surface area contributed by atoms with Gasteiger partial charge in [0.1, 0.15) is 5.65 Å². The van der Waals surface area contributed by atoms with Gasteiger partial charge in [-0.25, -0.2) is 4.98 Å². The fourth-order valence-electron chi connectivity index (χ4n) is 5.08. The van der Waals surface area contributed by atoms with Crippen molar-refractivity contribution in [1.29, 1.82) is 0 Å². The van der Waals surface area contributed by atoms with E-state index in [1.165, 1.54) is 5.57 Å². The van der Waals surface area contributed by atoms with Crippen LogP contribution in [0.5, 0.6) is 0 Å². The molecule has 0 aromatic carbocycles. The van der Waals surface area contributed by atoms with E-state index in [0.717, 1.165) is 59.7 Å². The molecular weight excluding hydrogens is 420 g/mol. The van der Waals surface area contributed by atoms with Gasteiger partial charge in [-0.1, -0.05) is 30.9 Å². The molecule has 5 heteroatoms. The predicted molar refractivity (Wildman–Crippen MR) is 139 cm³/mol. The van der Waals surface area contributed by atoms with Gasteiger partial charge in [0.05, 0.1) is 5.69 Å². The van der Waals surface area contributed by atoms with E-state index < -0.39 is 0 Å². The summed E-state index contributed by atoms with van der Waals surface area (Å²) >= 11 is 0. The van der Waals surface area contributed by atoms with Crippen molar-refractivity contribution in [2.24, 2.45) is 5.92 Å². The number of aryl methyl sites for hydroxylation is 1. The number of aromatic nitrogens is 2. The molecular formula is C29H32N4O.